The number of nitrogens with one attached hydrogen (secondary N) is 1. The molecule has 0 aromatic carbocycles. The zero-order chi connectivity index (χ0) is 14.9. The molecule has 9 nitrogen and oxygen atoms in total. The molecule has 0 spiro atoms. The van der Waals surface area contributed by atoms with Gasteiger partial charge in [-0.25, -0.2) is 9.97 Å². The highest BCUT2D eigenvalue weighted by Crippen LogP contribution is 2.27. The van der Waals surface area contributed by atoms with E-state index in [4.69, 9.17) is 13.7 Å². The maximum Gasteiger partial charge on any atom is 0.255 e. The second-order valence-corrected chi connectivity index (χ2v) is 5.01. The number of aryl methyl sites for hydroxylation is 1. The lowest BCUT2D eigenvalue weighted by Gasteiger charge is -2.02. The van der Waals surface area contributed by atoms with E-state index in [1.54, 1.807) is 6.92 Å². The zero-order valence-corrected chi connectivity index (χ0v) is 11.9. The molecule has 9 heteroatoms. The summed E-state index contributed by atoms with van der Waals surface area (Å²) in [7, 11) is 0. The van der Waals surface area contributed by atoms with Gasteiger partial charge in [0, 0.05) is 13.5 Å². The van der Waals surface area contributed by atoms with Gasteiger partial charge in [-0.2, -0.15) is 9.97 Å². The number of fused-ring (bicyclic) bond motifs is 1. The minimum atomic E-state index is -0.0785. The van der Waals surface area contributed by atoms with Crippen molar-refractivity contribution in [3.8, 4) is 0 Å². The van der Waals surface area contributed by atoms with E-state index >= 15 is 0 Å². The largest absolute Gasteiger partial charge is 0.422 e. The van der Waals surface area contributed by atoms with E-state index in [2.05, 4.69) is 30.4 Å². The summed E-state index contributed by atoms with van der Waals surface area (Å²) in [4.78, 5) is 16.8. The smallest absolute Gasteiger partial charge is 0.255 e. The Morgan fingerprint density at radius 2 is 2.27 bits per heavy atom. The summed E-state index contributed by atoms with van der Waals surface area (Å²) < 4.78 is 16.1. The topological polar surface area (TPSA) is 112 Å². The Bertz CT molecular complexity index is 792. The molecule has 0 amide bonds. The third-order valence-corrected chi connectivity index (χ3v) is 3.41. The summed E-state index contributed by atoms with van der Waals surface area (Å²) in [5, 5.41) is 7.07. The predicted molar refractivity (Wildman–Crippen MR) is 73.9 cm³/mol. The highest BCUT2D eigenvalue weighted by atomic mass is 16.5. The molecule has 0 radical (unpaired) electrons. The third-order valence-electron chi connectivity index (χ3n) is 3.41. The molecule has 1 saturated heterocycles. The molecule has 1 atom stereocenters. The van der Waals surface area contributed by atoms with Crippen molar-refractivity contribution in [2.75, 3.05) is 11.9 Å². The number of anilines is 1. The summed E-state index contributed by atoms with van der Waals surface area (Å²) in [5.41, 5.74) is 1.03. The maximum atomic E-state index is 5.52. The van der Waals surface area contributed by atoms with Crippen LogP contribution in [0.1, 0.15) is 36.6 Å². The standard InChI is InChI=1S/C13H14N6O3/c1-7-17-10-11(15-6-16-13(10)21-7)14-5-9-18-12(22-19-9)8-3-2-4-20-8/h6,8H,2-5H2,1H3,(H,14,15,16). The highest BCUT2D eigenvalue weighted by molar-refractivity contribution is 5.80. The zero-order valence-electron chi connectivity index (χ0n) is 11.9. The van der Waals surface area contributed by atoms with Gasteiger partial charge in [0.15, 0.2) is 23.0 Å². The van der Waals surface area contributed by atoms with E-state index in [9.17, 15) is 0 Å². The molecule has 3 aromatic heterocycles. The second-order valence-electron chi connectivity index (χ2n) is 5.01. The van der Waals surface area contributed by atoms with E-state index in [1.165, 1.54) is 6.33 Å². The van der Waals surface area contributed by atoms with Crippen molar-refractivity contribution < 1.29 is 13.7 Å². The Hall–Kier alpha value is -2.55. The van der Waals surface area contributed by atoms with E-state index < -0.39 is 0 Å². The average molecular weight is 302 g/mol. The molecule has 0 saturated carbocycles. The molecule has 114 valence electrons. The summed E-state index contributed by atoms with van der Waals surface area (Å²) in [6, 6.07) is 0. The number of rotatable bonds is 4. The first kappa shape index (κ1) is 13.1. The van der Waals surface area contributed by atoms with Crippen molar-refractivity contribution in [3.05, 3.63) is 23.9 Å². The minimum absolute atomic E-state index is 0.0785. The summed E-state index contributed by atoms with van der Waals surface area (Å²) >= 11 is 0. The highest BCUT2D eigenvalue weighted by Gasteiger charge is 2.23. The lowest BCUT2D eigenvalue weighted by Crippen LogP contribution is -2.04. The van der Waals surface area contributed by atoms with Crippen LogP contribution < -0.4 is 5.32 Å². The van der Waals surface area contributed by atoms with Gasteiger partial charge in [0.25, 0.3) is 11.6 Å². The number of hydrogen-bond donors (Lipinski definition) is 1. The number of aromatic nitrogens is 5. The van der Waals surface area contributed by atoms with Gasteiger partial charge in [-0.15, -0.1) is 0 Å². The van der Waals surface area contributed by atoms with E-state index in [0.29, 0.717) is 41.2 Å². The molecule has 4 rings (SSSR count). The average Bonchev–Trinajstić information content (AvgIpc) is 3.24. The van der Waals surface area contributed by atoms with Gasteiger partial charge in [0.2, 0.25) is 0 Å². The van der Waals surface area contributed by atoms with Crippen molar-refractivity contribution in [1.82, 2.24) is 25.1 Å². The first-order chi connectivity index (χ1) is 10.8. The van der Waals surface area contributed by atoms with Crippen LogP contribution in [0.3, 0.4) is 0 Å². The fourth-order valence-corrected chi connectivity index (χ4v) is 2.39. The van der Waals surface area contributed by atoms with E-state index in [0.717, 1.165) is 19.4 Å². The Labute approximate surface area is 125 Å². The first-order valence-electron chi connectivity index (χ1n) is 7.05. The fraction of sp³-hybridized carbons (Fsp3) is 0.462. The lowest BCUT2D eigenvalue weighted by molar-refractivity contribution is 0.0835. The Morgan fingerprint density at radius 1 is 1.32 bits per heavy atom. The van der Waals surface area contributed by atoms with Gasteiger partial charge in [0.1, 0.15) is 12.4 Å². The van der Waals surface area contributed by atoms with E-state index in [1.807, 2.05) is 0 Å². The quantitative estimate of drug-likeness (QED) is 0.770. The van der Waals surface area contributed by atoms with Gasteiger partial charge in [-0.05, 0) is 12.8 Å². The van der Waals surface area contributed by atoms with E-state index in [-0.39, 0.29) is 6.10 Å². The molecule has 0 aliphatic carbocycles. The number of nitrogens with zero attached hydrogens (tertiary/aromatic N) is 5. The van der Waals surface area contributed by atoms with Crippen molar-refractivity contribution >= 4 is 17.0 Å². The Balaban J connectivity index is 1.49. The Kier molecular flexibility index (Phi) is 3.19. The maximum absolute atomic E-state index is 5.52. The molecule has 1 fully saturated rings. The normalized spacial score (nSPS) is 18.1. The number of oxazole rings is 1. The SMILES string of the molecule is Cc1nc2c(NCc3noc(C4CCCO4)n3)ncnc2o1. The van der Waals surface area contributed by atoms with Gasteiger partial charge in [0.05, 0.1) is 6.54 Å². The minimum Gasteiger partial charge on any atom is -0.422 e. The van der Waals surface area contributed by atoms with Crippen LogP contribution in [0, 0.1) is 6.92 Å². The first-order valence-corrected chi connectivity index (χ1v) is 7.05. The number of hydrogen-bond acceptors (Lipinski definition) is 9. The molecule has 22 heavy (non-hydrogen) atoms. The predicted octanol–water partition coefficient (Wildman–Crippen LogP) is 1.77. The fourth-order valence-electron chi connectivity index (χ4n) is 2.39. The van der Waals surface area contributed by atoms with Crippen LogP contribution in [-0.4, -0.2) is 31.7 Å². The summed E-state index contributed by atoms with van der Waals surface area (Å²) in [5.74, 6) is 2.18. The molecule has 0 bridgehead atoms. The third kappa shape index (κ3) is 2.39. The van der Waals surface area contributed by atoms with Gasteiger partial charge >= 0.3 is 0 Å². The van der Waals surface area contributed by atoms with Crippen LogP contribution in [0.2, 0.25) is 0 Å². The molecule has 1 unspecified atom stereocenters. The van der Waals surface area contributed by atoms with Crippen LogP contribution >= 0.6 is 0 Å². The number of ether oxygens (including phenoxy) is 1. The van der Waals surface area contributed by atoms with Crippen LogP contribution in [0.4, 0.5) is 5.82 Å². The van der Waals surface area contributed by atoms with Crippen LogP contribution in [0.5, 0.6) is 0 Å². The van der Waals surface area contributed by atoms with Gasteiger partial charge < -0.3 is 19.0 Å². The molecule has 3 aromatic rings. The molecule has 1 aliphatic rings. The van der Waals surface area contributed by atoms with Crippen LogP contribution in [-0.2, 0) is 11.3 Å². The van der Waals surface area contributed by atoms with Gasteiger partial charge in [-0.1, -0.05) is 5.16 Å². The molecule has 1 aliphatic heterocycles. The second kappa shape index (κ2) is 5.34. The van der Waals surface area contributed by atoms with Crippen molar-refractivity contribution in [3.63, 3.8) is 0 Å². The Morgan fingerprint density at radius 3 is 3.14 bits per heavy atom. The summed E-state index contributed by atoms with van der Waals surface area (Å²) in [6.07, 6.45) is 3.28. The molecule has 1 N–H and O–H groups in total. The van der Waals surface area contributed by atoms with Gasteiger partial charge in [-0.3, -0.25) is 0 Å². The summed E-state index contributed by atoms with van der Waals surface area (Å²) in [6.45, 7) is 2.87. The van der Waals surface area contributed by atoms with Crippen molar-refractivity contribution in [2.45, 2.75) is 32.4 Å². The van der Waals surface area contributed by atoms with Crippen LogP contribution in [0.25, 0.3) is 11.2 Å². The molecule has 4 heterocycles. The molecular formula is C13H14N6O3. The lowest BCUT2D eigenvalue weighted by atomic mass is 10.2. The van der Waals surface area contributed by atoms with Crippen molar-refractivity contribution in [2.24, 2.45) is 0 Å². The molecular weight excluding hydrogens is 288 g/mol. The monoisotopic (exact) mass is 302 g/mol. The van der Waals surface area contributed by atoms with Crippen molar-refractivity contribution in [1.29, 1.82) is 0 Å². The van der Waals surface area contributed by atoms with Crippen LogP contribution in [0.15, 0.2) is 15.3 Å².